The highest BCUT2D eigenvalue weighted by atomic mass is 15.3. The van der Waals surface area contributed by atoms with Gasteiger partial charge in [-0.3, -0.25) is 4.68 Å². The van der Waals surface area contributed by atoms with Gasteiger partial charge in [0.1, 0.15) is 5.82 Å². The minimum absolute atomic E-state index is 0.341. The molecule has 0 radical (unpaired) electrons. The first-order valence-electron chi connectivity index (χ1n) is 5.70. The Morgan fingerprint density at radius 3 is 2.35 bits per heavy atom. The van der Waals surface area contributed by atoms with Crippen LogP contribution in [0.2, 0.25) is 0 Å². The fraction of sp³-hybridized carbons (Fsp3) is 0.500. The third kappa shape index (κ3) is 2.18. The maximum atomic E-state index is 4.48. The molecule has 0 unspecified atom stereocenters. The Kier molecular flexibility index (Phi) is 2.92. The second-order valence-corrected chi connectivity index (χ2v) is 4.53. The molecule has 2 aromatic rings. The molecule has 0 aromatic carbocycles. The van der Waals surface area contributed by atoms with Gasteiger partial charge >= 0.3 is 0 Å². The van der Waals surface area contributed by atoms with Crippen molar-refractivity contribution >= 4 is 0 Å². The van der Waals surface area contributed by atoms with E-state index in [0.717, 1.165) is 17.1 Å². The van der Waals surface area contributed by atoms with E-state index in [1.165, 1.54) is 0 Å². The zero-order valence-electron chi connectivity index (χ0n) is 10.9. The van der Waals surface area contributed by atoms with Crippen molar-refractivity contribution in [3.8, 4) is 11.6 Å². The predicted octanol–water partition coefficient (Wildman–Crippen LogP) is 2.01. The number of hydrogen-bond acceptors (Lipinski definition) is 4. The largest absolute Gasteiger partial charge is 0.252 e. The molecule has 17 heavy (non-hydrogen) atoms. The summed E-state index contributed by atoms with van der Waals surface area (Å²) in [7, 11) is 1.90. The van der Waals surface area contributed by atoms with Crippen LogP contribution in [0.4, 0.5) is 0 Å². The minimum atomic E-state index is 0.341. The molecule has 0 aliphatic rings. The highest BCUT2D eigenvalue weighted by Crippen LogP contribution is 2.16. The van der Waals surface area contributed by atoms with Gasteiger partial charge in [-0.15, -0.1) is 5.10 Å². The van der Waals surface area contributed by atoms with Gasteiger partial charge in [0.15, 0.2) is 5.82 Å². The predicted molar refractivity (Wildman–Crippen MR) is 65.6 cm³/mol. The quantitative estimate of drug-likeness (QED) is 0.793. The molecular formula is C12H17N5. The normalized spacial score (nSPS) is 11.2. The third-order valence-corrected chi connectivity index (χ3v) is 2.74. The van der Waals surface area contributed by atoms with Crippen LogP contribution in [-0.2, 0) is 7.05 Å². The van der Waals surface area contributed by atoms with Gasteiger partial charge < -0.3 is 0 Å². The lowest BCUT2D eigenvalue weighted by Gasteiger charge is -2.00. The first kappa shape index (κ1) is 11.7. The van der Waals surface area contributed by atoms with Crippen molar-refractivity contribution < 1.29 is 0 Å². The Morgan fingerprint density at radius 1 is 1.12 bits per heavy atom. The Morgan fingerprint density at radius 2 is 1.82 bits per heavy atom. The fourth-order valence-corrected chi connectivity index (χ4v) is 1.63. The van der Waals surface area contributed by atoms with E-state index in [1.807, 2.05) is 27.1 Å². The number of aromatic nitrogens is 5. The van der Waals surface area contributed by atoms with Gasteiger partial charge in [-0.25, -0.2) is 15.0 Å². The second kappa shape index (κ2) is 4.24. The van der Waals surface area contributed by atoms with Crippen molar-refractivity contribution in [3.05, 3.63) is 23.3 Å². The molecule has 2 heterocycles. The molecule has 0 atom stereocenters. The van der Waals surface area contributed by atoms with Crippen molar-refractivity contribution in [2.45, 2.75) is 33.6 Å². The monoisotopic (exact) mass is 231 g/mol. The molecule has 0 aliphatic carbocycles. The Hall–Kier alpha value is -1.78. The average molecular weight is 231 g/mol. The smallest absolute Gasteiger partial charge is 0.219 e. The van der Waals surface area contributed by atoms with E-state index in [2.05, 4.69) is 33.9 Å². The maximum absolute atomic E-state index is 4.48. The molecule has 2 rings (SSSR count). The summed E-state index contributed by atoms with van der Waals surface area (Å²) in [5.74, 6) is 2.48. The molecule has 0 N–H and O–H groups in total. The first-order valence-corrected chi connectivity index (χ1v) is 5.70. The van der Waals surface area contributed by atoms with E-state index in [9.17, 15) is 0 Å². The van der Waals surface area contributed by atoms with E-state index >= 15 is 0 Å². The van der Waals surface area contributed by atoms with Crippen LogP contribution in [0, 0.1) is 13.8 Å². The Labute approximate surface area is 101 Å². The molecule has 5 heteroatoms. The van der Waals surface area contributed by atoms with Crippen molar-refractivity contribution in [1.82, 2.24) is 24.7 Å². The molecule has 5 nitrogen and oxygen atoms in total. The van der Waals surface area contributed by atoms with Crippen molar-refractivity contribution in [2.75, 3.05) is 0 Å². The summed E-state index contributed by atoms with van der Waals surface area (Å²) in [6, 6.07) is 0. The van der Waals surface area contributed by atoms with E-state index in [0.29, 0.717) is 17.6 Å². The molecule has 0 saturated heterocycles. The van der Waals surface area contributed by atoms with Gasteiger partial charge in [-0.1, -0.05) is 13.8 Å². The summed E-state index contributed by atoms with van der Waals surface area (Å²) in [4.78, 5) is 13.2. The van der Waals surface area contributed by atoms with Crippen molar-refractivity contribution in [2.24, 2.45) is 7.05 Å². The summed E-state index contributed by atoms with van der Waals surface area (Å²) in [5, 5.41) is 4.35. The van der Waals surface area contributed by atoms with E-state index in [4.69, 9.17) is 0 Å². The lowest BCUT2D eigenvalue weighted by molar-refractivity contribution is 0.655. The number of aryl methyl sites for hydroxylation is 3. The molecule has 90 valence electrons. The van der Waals surface area contributed by atoms with Gasteiger partial charge in [-0.05, 0) is 19.4 Å². The summed E-state index contributed by atoms with van der Waals surface area (Å²) < 4.78 is 1.79. The van der Waals surface area contributed by atoms with Gasteiger partial charge in [0.25, 0.3) is 0 Å². The molecule has 0 aliphatic heterocycles. The zero-order chi connectivity index (χ0) is 12.6. The van der Waals surface area contributed by atoms with Crippen LogP contribution in [0.1, 0.15) is 36.8 Å². The fourth-order valence-electron chi connectivity index (χ4n) is 1.63. The highest BCUT2D eigenvalue weighted by molar-refractivity contribution is 5.43. The lowest BCUT2D eigenvalue weighted by Crippen LogP contribution is -2.00. The molecule has 0 bridgehead atoms. The van der Waals surface area contributed by atoms with E-state index < -0.39 is 0 Å². The molecule has 0 fully saturated rings. The SMILES string of the molecule is Cc1cnc(-c2nc(C(C)C)n(C)n2)nc1C. The molecule has 2 aromatic heterocycles. The Balaban J connectivity index is 2.46. The van der Waals surface area contributed by atoms with Gasteiger partial charge in [0, 0.05) is 24.9 Å². The topological polar surface area (TPSA) is 56.5 Å². The highest BCUT2D eigenvalue weighted by Gasteiger charge is 2.14. The van der Waals surface area contributed by atoms with Crippen LogP contribution < -0.4 is 0 Å². The average Bonchev–Trinajstić information content (AvgIpc) is 2.64. The molecular weight excluding hydrogens is 214 g/mol. The maximum Gasteiger partial charge on any atom is 0.219 e. The number of nitrogens with zero attached hydrogens (tertiary/aromatic N) is 5. The van der Waals surface area contributed by atoms with Crippen LogP contribution in [0.5, 0.6) is 0 Å². The zero-order valence-corrected chi connectivity index (χ0v) is 10.9. The first-order chi connectivity index (χ1) is 7.99. The van der Waals surface area contributed by atoms with Crippen LogP contribution in [0.15, 0.2) is 6.20 Å². The standard InChI is InChI=1S/C12H17N5/c1-7(2)12-15-11(16-17(12)5)10-13-6-8(3)9(4)14-10/h6-7H,1-5H3. The molecule has 0 amide bonds. The van der Waals surface area contributed by atoms with Crippen LogP contribution >= 0.6 is 0 Å². The number of rotatable bonds is 2. The van der Waals surface area contributed by atoms with Crippen molar-refractivity contribution in [1.29, 1.82) is 0 Å². The second-order valence-electron chi connectivity index (χ2n) is 4.53. The van der Waals surface area contributed by atoms with Crippen LogP contribution in [0.25, 0.3) is 11.6 Å². The third-order valence-electron chi connectivity index (χ3n) is 2.74. The van der Waals surface area contributed by atoms with Gasteiger partial charge in [0.2, 0.25) is 5.82 Å². The molecule has 0 spiro atoms. The Bertz CT molecular complexity index is 542. The summed E-state index contributed by atoms with van der Waals surface area (Å²) in [6.07, 6.45) is 1.81. The minimum Gasteiger partial charge on any atom is -0.252 e. The van der Waals surface area contributed by atoms with Gasteiger partial charge in [-0.2, -0.15) is 0 Å². The van der Waals surface area contributed by atoms with E-state index in [1.54, 1.807) is 4.68 Å². The number of hydrogen-bond donors (Lipinski definition) is 0. The summed E-state index contributed by atoms with van der Waals surface area (Å²) >= 11 is 0. The lowest BCUT2D eigenvalue weighted by atomic mass is 10.2. The van der Waals surface area contributed by atoms with Crippen molar-refractivity contribution in [3.63, 3.8) is 0 Å². The van der Waals surface area contributed by atoms with Gasteiger partial charge in [0.05, 0.1) is 0 Å². The molecule has 0 saturated carbocycles. The summed E-state index contributed by atoms with van der Waals surface area (Å²) in [5.41, 5.74) is 2.04. The van der Waals surface area contributed by atoms with E-state index in [-0.39, 0.29) is 0 Å². The van der Waals surface area contributed by atoms with Crippen LogP contribution in [-0.4, -0.2) is 24.7 Å². The van der Waals surface area contributed by atoms with Crippen LogP contribution in [0.3, 0.4) is 0 Å². The summed E-state index contributed by atoms with van der Waals surface area (Å²) in [6.45, 7) is 8.14.